The number of nitrogens with one attached hydrogen (secondary N) is 1. The molecule has 1 heterocycles. The molecular weight excluding hydrogens is 333 g/mol. The van der Waals surface area contributed by atoms with E-state index in [0.717, 1.165) is 12.1 Å². The molecule has 1 N–H and O–H groups in total. The first-order chi connectivity index (χ1) is 11.9. The molecule has 1 amide bonds. The highest BCUT2D eigenvalue weighted by molar-refractivity contribution is 6.08. The maximum atomic E-state index is 12.7. The predicted octanol–water partition coefficient (Wildman–Crippen LogP) is 4.92. The SMILES string of the molecule is Cc1noc(-c2ccc(C(F)(F)F)cc2)c1C(=O)Nc1ccccc1. The van der Waals surface area contributed by atoms with Gasteiger partial charge in [0, 0.05) is 11.3 Å². The van der Waals surface area contributed by atoms with E-state index in [-0.39, 0.29) is 11.3 Å². The van der Waals surface area contributed by atoms with Gasteiger partial charge >= 0.3 is 6.18 Å². The molecule has 0 fully saturated rings. The third-order valence-electron chi connectivity index (χ3n) is 3.60. The van der Waals surface area contributed by atoms with Gasteiger partial charge < -0.3 is 9.84 Å². The van der Waals surface area contributed by atoms with Crippen molar-refractivity contribution >= 4 is 11.6 Å². The largest absolute Gasteiger partial charge is 0.416 e. The van der Waals surface area contributed by atoms with E-state index in [1.54, 1.807) is 31.2 Å². The number of aryl methyl sites for hydroxylation is 1. The van der Waals surface area contributed by atoms with Crippen molar-refractivity contribution in [2.45, 2.75) is 13.1 Å². The van der Waals surface area contributed by atoms with Crippen molar-refractivity contribution in [1.29, 1.82) is 0 Å². The van der Waals surface area contributed by atoms with E-state index >= 15 is 0 Å². The molecule has 0 aliphatic rings. The van der Waals surface area contributed by atoms with Crippen LogP contribution in [0.1, 0.15) is 21.6 Å². The molecule has 3 rings (SSSR count). The highest BCUT2D eigenvalue weighted by atomic mass is 19.4. The summed E-state index contributed by atoms with van der Waals surface area (Å²) in [7, 11) is 0. The zero-order valence-corrected chi connectivity index (χ0v) is 13.1. The van der Waals surface area contributed by atoms with Gasteiger partial charge in [-0.3, -0.25) is 4.79 Å². The minimum Gasteiger partial charge on any atom is -0.355 e. The molecule has 4 nitrogen and oxygen atoms in total. The Hall–Kier alpha value is -3.09. The van der Waals surface area contributed by atoms with Gasteiger partial charge in [0.05, 0.1) is 11.3 Å². The number of rotatable bonds is 3. The number of amides is 1. The second-order valence-corrected chi connectivity index (χ2v) is 5.37. The molecule has 0 radical (unpaired) electrons. The lowest BCUT2D eigenvalue weighted by atomic mass is 10.0. The Morgan fingerprint density at radius 2 is 1.68 bits per heavy atom. The van der Waals surface area contributed by atoms with Crippen LogP contribution in [0.2, 0.25) is 0 Å². The molecule has 1 aromatic heterocycles. The van der Waals surface area contributed by atoms with Crippen LogP contribution >= 0.6 is 0 Å². The molecule has 2 aromatic carbocycles. The van der Waals surface area contributed by atoms with Crippen LogP contribution in [-0.2, 0) is 6.18 Å². The summed E-state index contributed by atoms with van der Waals surface area (Å²) in [4.78, 5) is 12.5. The second kappa shape index (κ2) is 6.43. The standard InChI is InChI=1S/C18H13F3N2O2/c1-11-15(17(24)22-14-5-3-2-4-6-14)16(25-23-11)12-7-9-13(10-8-12)18(19,20)21/h2-10H,1H3,(H,22,24). The van der Waals surface area contributed by atoms with Gasteiger partial charge in [0.25, 0.3) is 5.91 Å². The Morgan fingerprint density at radius 1 is 1.04 bits per heavy atom. The molecule has 0 unspecified atom stereocenters. The maximum absolute atomic E-state index is 12.7. The van der Waals surface area contributed by atoms with E-state index in [1.165, 1.54) is 12.1 Å². The predicted molar refractivity (Wildman–Crippen MR) is 86.1 cm³/mol. The summed E-state index contributed by atoms with van der Waals surface area (Å²) in [6.07, 6.45) is -4.43. The number of carbonyl (C=O) groups excluding carboxylic acids is 1. The van der Waals surface area contributed by atoms with E-state index in [9.17, 15) is 18.0 Å². The minimum atomic E-state index is -4.43. The molecule has 128 valence electrons. The van der Waals surface area contributed by atoms with Crippen molar-refractivity contribution in [2.75, 3.05) is 5.32 Å². The fourth-order valence-corrected chi connectivity index (χ4v) is 2.36. The number of hydrogen-bond acceptors (Lipinski definition) is 3. The van der Waals surface area contributed by atoms with E-state index in [2.05, 4.69) is 10.5 Å². The molecule has 0 bridgehead atoms. The third kappa shape index (κ3) is 3.55. The topological polar surface area (TPSA) is 55.1 Å². The molecule has 0 saturated carbocycles. The molecule has 0 aliphatic carbocycles. The smallest absolute Gasteiger partial charge is 0.355 e. The van der Waals surface area contributed by atoms with Gasteiger partial charge in [-0.1, -0.05) is 35.5 Å². The van der Waals surface area contributed by atoms with Crippen molar-refractivity contribution in [3.63, 3.8) is 0 Å². The molecule has 0 aliphatic heterocycles. The first-order valence-electron chi connectivity index (χ1n) is 7.36. The van der Waals surface area contributed by atoms with Gasteiger partial charge in [-0.2, -0.15) is 13.2 Å². The van der Waals surface area contributed by atoms with E-state index in [4.69, 9.17) is 4.52 Å². The van der Waals surface area contributed by atoms with Crippen LogP contribution in [0.25, 0.3) is 11.3 Å². The molecule has 7 heteroatoms. The minimum absolute atomic E-state index is 0.125. The molecule has 0 spiro atoms. The zero-order valence-electron chi connectivity index (χ0n) is 13.1. The number of halogens is 3. The Morgan fingerprint density at radius 3 is 2.28 bits per heavy atom. The summed E-state index contributed by atoms with van der Waals surface area (Å²) in [6.45, 7) is 1.59. The summed E-state index contributed by atoms with van der Waals surface area (Å²) in [5.41, 5.74) is 0.688. The highest BCUT2D eigenvalue weighted by Crippen LogP contribution is 2.32. The van der Waals surface area contributed by atoms with Crippen LogP contribution in [0.4, 0.5) is 18.9 Å². The normalized spacial score (nSPS) is 11.4. The van der Waals surface area contributed by atoms with E-state index < -0.39 is 17.6 Å². The van der Waals surface area contributed by atoms with Crippen molar-refractivity contribution in [3.8, 4) is 11.3 Å². The van der Waals surface area contributed by atoms with E-state index in [1.807, 2.05) is 6.07 Å². The van der Waals surface area contributed by atoms with Gasteiger partial charge in [-0.05, 0) is 31.2 Å². The summed E-state index contributed by atoms with van der Waals surface area (Å²) >= 11 is 0. The number of alkyl halides is 3. The highest BCUT2D eigenvalue weighted by Gasteiger charge is 2.30. The van der Waals surface area contributed by atoms with Crippen LogP contribution < -0.4 is 5.32 Å². The number of nitrogens with zero attached hydrogens (tertiary/aromatic N) is 1. The second-order valence-electron chi connectivity index (χ2n) is 5.37. The number of aromatic nitrogens is 1. The number of anilines is 1. The number of hydrogen-bond donors (Lipinski definition) is 1. The summed E-state index contributed by atoms with van der Waals surface area (Å²) < 4.78 is 43.2. The van der Waals surface area contributed by atoms with Gasteiger partial charge in [-0.15, -0.1) is 0 Å². The van der Waals surface area contributed by atoms with Crippen molar-refractivity contribution in [1.82, 2.24) is 5.16 Å². The average molecular weight is 346 g/mol. The van der Waals surface area contributed by atoms with Crippen molar-refractivity contribution in [2.24, 2.45) is 0 Å². The molecule has 0 atom stereocenters. The fourth-order valence-electron chi connectivity index (χ4n) is 2.36. The quantitative estimate of drug-likeness (QED) is 0.732. The first kappa shape index (κ1) is 16.8. The summed E-state index contributed by atoms with van der Waals surface area (Å²) in [5, 5.41) is 6.48. The Kier molecular flexibility index (Phi) is 4.31. The van der Waals surface area contributed by atoms with E-state index in [0.29, 0.717) is 16.9 Å². The summed E-state index contributed by atoms with van der Waals surface area (Å²) in [5.74, 6) is -0.320. The zero-order chi connectivity index (χ0) is 18.0. The molecule has 25 heavy (non-hydrogen) atoms. The number of carbonyl (C=O) groups is 1. The van der Waals surface area contributed by atoms with Crippen LogP contribution in [-0.4, -0.2) is 11.1 Å². The number of benzene rings is 2. The Labute approximate surface area is 141 Å². The van der Waals surface area contributed by atoms with Crippen LogP contribution in [0.15, 0.2) is 59.1 Å². The van der Waals surface area contributed by atoms with Gasteiger partial charge in [0.15, 0.2) is 5.76 Å². The van der Waals surface area contributed by atoms with Crippen LogP contribution in [0.3, 0.4) is 0 Å². The Bertz CT molecular complexity index is 885. The Balaban J connectivity index is 1.93. The lowest BCUT2D eigenvalue weighted by molar-refractivity contribution is -0.137. The van der Waals surface area contributed by atoms with Gasteiger partial charge in [-0.25, -0.2) is 0 Å². The van der Waals surface area contributed by atoms with Crippen molar-refractivity contribution in [3.05, 3.63) is 71.4 Å². The fraction of sp³-hybridized carbons (Fsp3) is 0.111. The monoisotopic (exact) mass is 346 g/mol. The summed E-state index contributed by atoms with van der Waals surface area (Å²) in [6, 6.07) is 13.2. The molecular formula is C18H13F3N2O2. The van der Waals surface area contributed by atoms with Crippen LogP contribution in [0, 0.1) is 6.92 Å². The number of para-hydroxylation sites is 1. The first-order valence-corrected chi connectivity index (χ1v) is 7.36. The van der Waals surface area contributed by atoms with Gasteiger partial charge in [0.1, 0.15) is 5.56 Å². The van der Waals surface area contributed by atoms with Gasteiger partial charge in [0.2, 0.25) is 0 Å². The molecule has 3 aromatic rings. The van der Waals surface area contributed by atoms with Crippen molar-refractivity contribution < 1.29 is 22.5 Å². The van der Waals surface area contributed by atoms with Crippen LogP contribution in [0.5, 0.6) is 0 Å². The average Bonchev–Trinajstić information content (AvgIpc) is 2.97. The lowest BCUT2D eigenvalue weighted by Gasteiger charge is -2.08. The molecule has 0 saturated heterocycles. The maximum Gasteiger partial charge on any atom is 0.416 e. The lowest BCUT2D eigenvalue weighted by Crippen LogP contribution is -2.13. The third-order valence-corrected chi connectivity index (χ3v) is 3.60.